The van der Waals surface area contributed by atoms with E-state index in [1.807, 2.05) is 0 Å². The Kier molecular flexibility index (Phi) is 5.41. The molecule has 148 valence electrons. The molecule has 0 saturated heterocycles. The molecule has 1 aromatic heterocycles. The van der Waals surface area contributed by atoms with Gasteiger partial charge in [-0.3, -0.25) is 0 Å². The van der Waals surface area contributed by atoms with Gasteiger partial charge in [-0.1, -0.05) is 53.6 Å². The molecule has 4 aromatic rings. The average molecular weight is 385 g/mol. The zero-order valence-corrected chi connectivity index (χ0v) is 17.6. The third-order valence-corrected chi connectivity index (χ3v) is 5.32. The molecule has 0 radical (unpaired) electrons. The fourth-order valence-corrected chi connectivity index (χ4v) is 3.66. The first-order valence-electron chi connectivity index (χ1n) is 10.1. The van der Waals surface area contributed by atoms with Crippen LogP contribution in [0.3, 0.4) is 0 Å². The van der Waals surface area contributed by atoms with Crippen LogP contribution in [0.5, 0.6) is 0 Å². The minimum Gasteiger partial charge on any atom is -0.459 e. The highest BCUT2D eigenvalue weighted by Gasteiger charge is 2.16. The summed E-state index contributed by atoms with van der Waals surface area (Å²) in [7, 11) is 4.12. The smallest absolute Gasteiger partial charge is 0.135 e. The van der Waals surface area contributed by atoms with Crippen molar-refractivity contribution >= 4 is 16.7 Å². The number of furan rings is 1. The number of nitrogens with one attached hydrogen (secondary N) is 1. The largest absolute Gasteiger partial charge is 0.459 e. The molecule has 4 rings (SSSR count). The molecule has 0 spiro atoms. The summed E-state index contributed by atoms with van der Waals surface area (Å²) >= 11 is 0. The second kappa shape index (κ2) is 8.14. The summed E-state index contributed by atoms with van der Waals surface area (Å²) in [6.45, 7) is 5.73. The summed E-state index contributed by atoms with van der Waals surface area (Å²) in [5.41, 5.74) is 8.32. The van der Waals surface area contributed by atoms with Crippen LogP contribution < -0.4 is 10.2 Å². The van der Waals surface area contributed by atoms with E-state index in [1.54, 1.807) is 0 Å². The topological polar surface area (TPSA) is 28.4 Å². The molecule has 1 N–H and O–H groups in total. The van der Waals surface area contributed by atoms with Crippen LogP contribution in [0.15, 0.2) is 71.1 Å². The first-order valence-corrected chi connectivity index (χ1v) is 10.1. The molecule has 3 heteroatoms. The van der Waals surface area contributed by atoms with E-state index in [4.69, 9.17) is 4.42 Å². The highest BCUT2D eigenvalue weighted by Crippen LogP contribution is 2.35. The molecule has 0 saturated carbocycles. The molecule has 0 bridgehead atoms. The van der Waals surface area contributed by atoms with Crippen molar-refractivity contribution in [2.45, 2.75) is 26.9 Å². The first-order chi connectivity index (χ1) is 14.0. The lowest BCUT2D eigenvalue weighted by atomic mass is 9.99. The summed E-state index contributed by atoms with van der Waals surface area (Å²) in [4.78, 5) is 2.11. The van der Waals surface area contributed by atoms with Crippen LogP contribution in [0.25, 0.3) is 22.1 Å². The molecule has 0 aliphatic carbocycles. The molecule has 0 unspecified atom stereocenters. The number of hydrogen-bond donors (Lipinski definition) is 1. The van der Waals surface area contributed by atoms with Gasteiger partial charge in [0.25, 0.3) is 0 Å². The Hall–Kier alpha value is -3.04. The van der Waals surface area contributed by atoms with Crippen LogP contribution in [0.1, 0.15) is 22.5 Å². The fraction of sp³-hybridized carbons (Fsp3) is 0.231. The van der Waals surface area contributed by atoms with Crippen molar-refractivity contribution in [2.75, 3.05) is 19.0 Å². The van der Waals surface area contributed by atoms with E-state index in [-0.39, 0.29) is 0 Å². The lowest BCUT2D eigenvalue weighted by molar-refractivity contribution is 0.515. The van der Waals surface area contributed by atoms with Gasteiger partial charge in [-0.2, -0.15) is 0 Å². The molecule has 29 heavy (non-hydrogen) atoms. The maximum absolute atomic E-state index is 6.26. The third-order valence-electron chi connectivity index (χ3n) is 5.32. The number of aryl methyl sites for hydroxylation is 2. The lowest BCUT2D eigenvalue weighted by Gasteiger charge is -2.13. The zero-order chi connectivity index (χ0) is 20.4. The first kappa shape index (κ1) is 19.3. The Morgan fingerprint density at radius 1 is 0.793 bits per heavy atom. The zero-order valence-electron chi connectivity index (χ0n) is 17.6. The Bertz CT molecular complexity index is 1110. The maximum atomic E-state index is 6.26. The number of rotatable bonds is 6. The monoisotopic (exact) mass is 384 g/mol. The van der Waals surface area contributed by atoms with Gasteiger partial charge in [0, 0.05) is 37.3 Å². The minimum atomic E-state index is 0.687. The minimum absolute atomic E-state index is 0.687. The van der Waals surface area contributed by atoms with E-state index in [2.05, 4.69) is 105 Å². The average Bonchev–Trinajstić information content (AvgIpc) is 3.06. The molecule has 1 heterocycles. The summed E-state index contributed by atoms with van der Waals surface area (Å²) in [5, 5.41) is 4.74. The summed E-state index contributed by atoms with van der Waals surface area (Å²) < 4.78 is 6.26. The predicted octanol–water partition coefficient (Wildman–Crippen LogP) is 6.07. The second-order valence-corrected chi connectivity index (χ2v) is 7.93. The Morgan fingerprint density at radius 3 is 2.17 bits per heavy atom. The van der Waals surface area contributed by atoms with E-state index in [0.29, 0.717) is 6.54 Å². The predicted molar refractivity (Wildman–Crippen MR) is 122 cm³/mol. The van der Waals surface area contributed by atoms with Crippen molar-refractivity contribution in [3.05, 3.63) is 89.2 Å². The Balaban J connectivity index is 1.59. The van der Waals surface area contributed by atoms with Gasteiger partial charge in [0.1, 0.15) is 11.3 Å². The second-order valence-electron chi connectivity index (χ2n) is 7.93. The summed E-state index contributed by atoms with van der Waals surface area (Å²) in [6, 6.07) is 23.7. The van der Waals surface area contributed by atoms with Crippen molar-refractivity contribution in [1.82, 2.24) is 5.32 Å². The molecular weight excluding hydrogens is 356 g/mol. The van der Waals surface area contributed by atoms with E-state index in [1.165, 1.54) is 38.9 Å². The highest BCUT2D eigenvalue weighted by molar-refractivity contribution is 5.96. The highest BCUT2D eigenvalue weighted by atomic mass is 16.3. The molecule has 0 aliphatic heterocycles. The third kappa shape index (κ3) is 4.20. The van der Waals surface area contributed by atoms with Gasteiger partial charge in [0.2, 0.25) is 0 Å². The van der Waals surface area contributed by atoms with Gasteiger partial charge in [0.15, 0.2) is 0 Å². The van der Waals surface area contributed by atoms with Gasteiger partial charge in [-0.05, 0) is 49.2 Å². The van der Waals surface area contributed by atoms with E-state index in [9.17, 15) is 0 Å². The molecule has 3 nitrogen and oxygen atoms in total. The van der Waals surface area contributed by atoms with Crippen LogP contribution in [-0.4, -0.2) is 14.1 Å². The molecule has 0 atom stereocenters. The van der Waals surface area contributed by atoms with Crippen molar-refractivity contribution in [1.29, 1.82) is 0 Å². The number of anilines is 1. The van der Waals surface area contributed by atoms with Gasteiger partial charge in [-0.25, -0.2) is 0 Å². The van der Waals surface area contributed by atoms with E-state index < -0.39 is 0 Å². The van der Waals surface area contributed by atoms with Crippen LogP contribution >= 0.6 is 0 Å². The van der Waals surface area contributed by atoms with Crippen LogP contribution in [-0.2, 0) is 13.1 Å². The van der Waals surface area contributed by atoms with Crippen molar-refractivity contribution in [2.24, 2.45) is 0 Å². The van der Waals surface area contributed by atoms with Crippen LogP contribution in [0, 0.1) is 13.8 Å². The SMILES string of the molecule is Cc1ccc(-c2c(CNCc3ccc(N(C)C)cc3)oc3ccc(C)cc23)cc1. The van der Waals surface area contributed by atoms with Crippen molar-refractivity contribution in [3.63, 3.8) is 0 Å². The van der Waals surface area contributed by atoms with E-state index in [0.717, 1.165) is 17.9 Å². The maximum Gasteiger partial charge on any atom is 0.135 e. The number of fused-ring (bicyclic) bond motifs is 1. The fourth-order valence-electron chi connectivity index (χ4n) is 3.66. The summed E-state index contributed by atoms with van der Waals surface area (Å²) in [6.07, 6.45) is 0. The molecule has 0 amide bonds. The molecular formula is C26H28N2O. The van der Waals surface area contributed by atoms with Crippen LogP contribution in [0.2, 0.25) is 0 Å². The normalized spacial score (nSPS) is 11.2. The Labute approximate surface area is 173 Å². The van der Waals surface area contributed by atoms with Crippen molar-refractivity contribution in [3.8, 4) is 11.1 Å². The quantitative estimate of drug-likeness (QED) is 0.437. The van der Waals surface area contributed by atoms with Crippen molar-refractivity contribution < 1.29 is 4.42 Å². The van der Waals surface area contributed by atoms with Gasteiger partial charge in [0.05, 0.1) is 6.54 Å². The summed E-state index contributed by atoms with van der Waals surface area (Å²) in [5.74, 6) is 0.986. The molecule has 3 aromatic carbocycles. The number of nitrogens with zero attached hydrogens (tertiary/aromatic N) is 1. The van der Waals surface area contributed by atoms with E-state index >= 15 is 0 Å². The van der Waals surface area contributed by atoms with Gasteiger partial charge in [-0.15, -0.1) is 0 Å². The van der Waals surface area contributed by atoms with Gasteiger partial charge >= 0.3 is 0 Å². The Morgan fingerprint density at radius 2 is 1.48 bits per heavy atom. The van der Waals surface area contributed by atoms with Crippen LogP contribution in [0.4, 0.5) is 5.69 Å². The lowest BCUT2D eigenvalue weighted by Crippen LogP contribution is -2.13. The number of hydrogen-bond acceptors (Lipinski definition) is 3. The van der Waals surface area contributed by atoms with Gasteiger partial charge < -0.3 is 14.6 Å². The molecule has 0 fully saturated rings. The number of benzene rings is 3. The molecule has 0 aliphatic rings. The standard InChI is InChI=1S/C26H28N2O/c1-18-5-10-21(11-6-18)26-23-15-19(2)7-14-24(23)29-25(26)17-27-16-20-8-12-22(13-9-20)28(3)4/h5-15,27H,16-17H2,1-4H3.